The molecule has 1 N–H and O–H groups in total. The van der Waals surface area contributed by atoms with E-state index in [4.69, 9.17) is 4.74 Å². The number of aromatic nitrogens is 1. The van der Waals surface area contributed by atoms with Crippen LogP contribution in [0.3, 0.4) is 0 Å². The number of hydrogen-bond acceptors (Lipinski definition) is 4. The van der Waals surface area contributed by atoms with Crippen molar-refractivity contribution in [1.29, 1.82) is 0 Å². The minimum Gasteiger partial charge on any atom is -0.387 e. The fraction of sp³-hybridized carbons (Fsp3) is 0.667. The zero-order valence-electron chi connectivity index (χ0n) is 11.3. The molecule has 0 radical (unpaired) electrons. The van der Waals surface area contributed by atoms with Crippen LogP contribution in [0.2, 0.25) is 0 Å². The maximum Gasteiger partial charge on any atom is 0.0992 e. The maximum absolute atomic E-state index is 10.6. The Balaban J connectivity index is 1.76. The molecule has 1 aromatic heterocycles. The highest BCUT2D eigenvalue weighted by Gasteiger charge is 2.42. The van der Waals surface area contributed by atoms with Crippen molar-refractivity contribution >= 4 is 11.8 Å². The Morgan fingerprint density at radius 2 is 2.47 bits per heavy atom. The second kappa shape index (κ2) is 5.43. The van der Waals surface area contributed by atoms with Crippen LogP contribution in [0.25, 0.3) is 0 Å². The molecule has 104 valence electrons. The first kappa shape index (κ1) is 13.4. The van der Waals surface area contributed by atoms with Gasteiger partial charge in [0, 0.05) is 18.6 Å². The SMILES string of the molecule is Cc1cccnc1C(O)C1CCOC2(CCSC2)C1. The molecule has 0 aliphatic carbocycles. The van der Waals surface area contributed by atoms with Crippen LogP contribution in [0.5, 0.6) is 0 Å². The minimum absolute atomic E-state index is 0.0250. The van der Waals surface area contributed by atoms with Crippen molar-refractivity contribution < 1.29 is 9.84 Å². The zero-order chi connectivity index (χ0) is 13.3. The van der Waals surface area contributed by atoms with Gasteiger partial charge in [-0.15, -0.1) is 0 Å². The van der Waals surface area contributed by atoms with Crippen LogP contribution < -0.4 is 0 Å². The zero-order valence-corrected chi connectivity index (χ0v) is 12.2. The van der Waals surface area contributed by atoms with E-state index in [0.717, 1.165) is 42.9 Å². The first-order chi connectivity index (χ1) is 9.20. The van der Waals surface area contributed by atoms with E-state index < -0.39 is 6.10 Å². The Hall–Kier alpha value is -0.580. The predicted molar refractivity (Wildman–Crippen MR) is 77.3 cm³/mol. The summed E-state index contributed by atoms with van der Waals surface area (Å²) in [4.78, 5) is 4.37. The second-order valence-electron chi connectivity index (χ2n) is 5.74. The first-order valence-electron chi connectivity index (χ1n) is 7.01. The molecule has 0 amide bonds. The summed E-state index contributed by atoms with van der Waals surface area (Å²) >= 11 is 1.97. The van der Waals surface area contributed by atoms with Crippen molar-refractivity contribution in [1.82, 2.24) is 4.98 Å². The average molecular weight is 279 g/mol. The maximum atomic E-state index is 10.6. The molecule has 2 aliphatic heterocycles. The van der Waals surface area contributed by atoms with Gasteiger partial charge in [0.25, 0.3) is 0 Å². The van der Waals surface area contributed by atoms with Gasteiger partial charge in [-0.25, -0.2) is 0 Å². The van der Waals surface area contributed by atoms with Gasteiger partial charge in [0.2, 0.25) is 0 Å². The Labute approximate surface area is 118 Å². The summed E-state index contributed by atoms with van der Waals surface area (Å²) in [6.45, 7) is 2.79. The van der Waals surface area contributed by atoms with Gasteiger partial charge >= 0.3 is 0 Å². The van der Waals surface area contributed by atoms with Crippen LogP contribution in [-0.2, 0) is 4.74 Å². The number of ether oxygens (including phenoxy) is 1. The summed E-state index contributed by atoms with van der Waals surface area (Å²) < 4.78 is 6.02. The first-order valence-corrected chi connectivity index (χ1v) is 8.17. The van der Waals surface area contributed by atoms with Gasteiger partial charge < -0.3 is 9.84 Å². The van der Waals surface area contributed by atoms with Gasteiger partial charge in [-0.05, 0) is 49.5 Å². The van der Waals surface area contributed by atoms with Gasteiger partial charge in [0.05, 0.1) is 17.4 Å². The molecule has 2 aliphatic rings. The number of hydrogen-bond donors (Lipinski definition) is 1. The lowest BCUT2D eigenvalue weighted by Crippen LogP contribution is -2.41. The van der Waals surface area contributed by atoms with Gasteiger partial charge in [-0.3, -0.25) is 4.98 Å². The van der Waals surface area contributed by atoms with Crippen LogP contribution in [0.1, 0.15) is 36.6 Å². The fourth-order valence-electron chi connectivity index (χ4n) is 3.23. The molecule has 3 nitrogen and oxygen atoms in total. The van der Waals surface area contributed by atoms with Crippen molar-refractivity contribution in [2.45, 2.75) is 37.9 Å². The Bertz CT molecular complexity index is 446. The number of aryl methyl sites for hydroxylation is 1. The molecule has 4 heteroatoms. The molecule has 0 aromatic carbocycles. The van der Waals surface area contributed by atoms with Crippen LogP contribution >= 0.6 is 11.8 Å². The van der Waals surface area contributed by atoms with Gasteiger partial charge in [-0.1, -0.05) is 6.07 Å². The smallest absolute Gasteiger partial charge is 0.0992 e. The third kappa shape index (κ3) is 2.67. The monoisotopic (exact) mass is 279 g/mol. The highest BCUT2D eigenvalue weighted by atomic mass is 32.2. The van der Waals surface area contributed by atoms with Gasteiger partial charge in [0.1, 0.15) is 0 Å². The topological polar surface area (TPSA) is 42.4 Å². The minimum atomic E-state index is -0.451. The van der Waals surface area contributed by atoms with E-state index >= 15 is 0 Å². The Kier molecular flexibility index (Phi) is 3.83. The van der Waals surface area contributed by atoms with Crippen molar-refractivity contribution in [3.63, 3.8) is 0 Å². The number of thioether (sulfide) groups is 1. The van der Waals surface area contributed by atoms with E-state index in [2.05, 4.69) is 4.98 Å². The number of aliphatic hydroxyl groups is 1. The summed E-state index contributed by atoms with van der Waals surface area (Å²) in [7, 11) is 0. The van der Waals surface area contributed by atoms with E-state index in [9.17, 15) is 5.11 Å². The molecule has 1 spiro atoms. The number of rotatable bonds is 2. The highest BCUT2D eigenvalue weighted by Crippen LogP contribution is 2.43. The molecular weight excluding hydrogens is 258 g/mol. The van der Waals surface area contributed by atoms with Crippen molar-refractivity contribution in [2.24, 2.45) is 5.92 Å². The largest absolute Gasteiger partial charge is 0.387 e. The third-order valence-corrected chi connectivity index (χ3v) is 5.60. The highest BCUT2D eigenvalue weighted by molar-refractivity contribution is 7.99. The number of pyridine rings is 1. The third-order valence-electron chi connectivity index (χ3n) is 4.37. The molecule has 1 aromatic rings. The van der Waals surface area contributed by atoms with E-state index in [-0.39, 0.29) is 11.5 Å². The quantitative estimate of drug-likeness (QED) is 0.904. The van der Waals surface area contributed by atoms with Crippen molar-refractivity contribution in [3.8, 4) is 0 Å². The van der Waals surface area contributed by atoms with E-state index in [0.29, 0.717) is 0 Å². The Morgan fingerprint density at radius 1 is 1.58 bits per heavy atom. The molecule has 0 saturated carbocycles. The molecule has 3 atom stereocenters. The van der Waals surface area contributed by atoms with Crippen LogP contribution in [0, 0.1) is 12.8 Å². The number of aliphatic hydroxyl groups excluding tert-OH is 1. The molecule has 3 rings (SSSR count). The van der Waals surface area contributed by atoms with E-state index in [1.807, 2.05) is 30.8 Å². The van der Waals surface area contributed by atoms with E-state index in [1.54, 1.807) is 6.20 Å². The summed E-state index contributed by atoms with van der Waals surface area (Å²) in [6.07, 6.45) is 4.35. The standard InChI is InChI=1S/C15H21NO2S/c1-11-3-2-6-16-13(11)14(17)12-4-7-18-15(9-12)5-8-19-10-15/h2-3,6,12,14,17H,4-5,7-10H2,1H3. The van der Waals surface area contributed by atoms with Crippen molar-refractivity contribution in [2.75, 3.05) is 18.1 Å². The predicted octanol–water partition coefficient (Wildman–Crippen LogP) is 2.73. The summed E-state index contributed by atoms with van der Waals surface area (Å²) in [5, 5.41) is 10.6. The molecule has 2 fully saturated rings. The molecule has 3 unspecified atom stereocenters. The van der Waals surface area contributed by atoms with Gasteiger partial charge in [0.15, 0.2) is 0 Å². The molecular formula is C15H21NO2S. The summed E-state index contributed by atoms with van der Waals surface area (Å²) in [6, 6.07) is 3.94. The fourth-order valence-corrected chi connectivity index (χ4v) is 4.61. The molecule has 19 heavy (non-hydrogen) atoms. The van der Waals surface area contributed by atoms with Crippen LogP contribution in [0.4, 0.5) is 0 Å². The van der Waals surface area contributed by atoms with Crippen LogP contribution in [0.15, 0.2) is 18.3 Å². The van der Waals surface area contributed by atoms with E-state index in [1.165, 1.54) is 5.75 Å². The summed E-state index contributed by atoms with van der Waals surface area (Å²) in [5.41, 5.74) is 1.95. The lowest BCUT2D eigenvalue weighted by molar-refractivity contribution is -0.102. The molecule has 0 bridgehead atoms. The lowest BCUT2D eigenvalue weighted by atomic mass is 9.81. The lowest BCUT2D eigenvalue weighted by Gasteiger charge is -2.39. The normalized spacial score (nSPS) is 32.6. The Morgan fingerprint density at radius 3 is 3.21 bits per heavy atom. The van der Waals surface area contributed by atoms with Crippen molar-refractivity contribution in [3.05, 3.63) is 29.6 Å². The molecule has 2 saturated heterocycles. The summed E-state index contributed by atoms with van der Waals surface area (Å²) in [5.74, 6) is 2.55. The second-order valence-corrected chi connectivity index (χ2v) is 6.84. The van der Waals surface area contributed by atoms with Gasteiger partial charge in [-0.2, -0.15) is 11.8 Å². The van der Waals surface area contributed by atoms with Crippen LogP contribution in [-0.4, -0.2) is 33.8 Å². The molecule has 3 heterocycles. The average Bonchev–Trinajstić information content (AvgIpc) is 2.86. The number of nitrogens with zero attached hydrogens (tertiary/aromatic N) is 1.